The fourth-order valence-electron chi connectivity index (χ4n) is 1.75. The quantitative estimate of drug-likeness (QED) is 0.608. The van der Waals surface area contributed by atoms with Gasteiger partial charge >= 0.3 is 0 Å². The summed E-state index contributed by atoms with van der Waals surface area (Å²) in [4.78, 5) is -0.258. The monoisotopic (exact) mass is 386 g/mol. The minimum atomic E-state index is -3.85. The molecule has 10 heteroatoms. The summed E-state index contributed by atoms with van der Waals surface area (Å²) in [5.41, 5.74) is 0. The first-order valence-electron chi connectivity index (χ1n) is 6.81. The molecule has 0 aliphatic carbocycles. The number of benzene rings is 1. The third-order valence-corrected chi connectivity index (χ3v) is 5.47. The number of nitrogens with one attached hydrogen (secondary N) is 2. The van der Waals surface area contributed by atoms with Gasteiger partial charge in [-0.05, 0) is 31.2 Å². The lowest BCUT2D eigenvalue weighted by molar-refractivity contribution is 0.401. The molecule has 0 fully saturated rings. The summed E-state index contributed by atoms with van der Waals surface area (Å²) >= 11 is 0. The van der Waals surface area contributed by atoms with Crippen LogP contribution in [0.5, 0.6) is 5.75 Å². The predicted octanol–water partition coefficient (Wildman–Crippen LogP) is 0.798. The Morgan fingerprint density at radius 1 is 1.09 bits per heavy atom. The third-order valence-electron chi connectivity index (χ3n) is 2.87. The molecular formula is C13H23ClN2O5S2. The maximum absolute atomic E-state index is 12.3. The fourth-order valence-corrected chi connectivity index (χ4v) is 3.70. The molecule has 2 N–H and O–H groups in total. The molecule has 1 rings (SSSR count). The molecule has 1 aromatic rings. The molecule has 0 unspecified atom stereocenters. The van der Waals surface area contributed by atoms with E-state index in [9.17, 15) is 16.8 Å². The average Bonchev–Trinajstić information content (AvgIpc) is 2.45. The highest BCUT2D eigenvalue weighted by molar-refractivity contribution is 7.91. The Balaban J connectivity index is 0.00000484. The summed E-state index contributed by atoms with van der Waals surface area (Å²) in [6.45, 7) is 3.50. The van der Waals surface area contributed by atoms with Crippen LogP contribution in [0.1, 0.15) is 13.3 Å². The smallest absolute Gasteiger partial charge is 0.244 e. The highest BCUT2D eigenvalue weighted by Crippen LogP contribution is 2.26. The minimum Gasteiger partial charge on any atom is -0.495 e. The summed E-state index contributed by atoms with van der Waals surface area (Å²) in [5.74, 6) is 0.0985. The largest absolute Gasteiger partial charge is 0.495 e. The van der Waals surface area contributed by atoms with Gasteiger partial charge in [0.05, 0.1) is 12.0 Å². The maximum atomic E-state index is 12.3. The van der Waals surface area contributed by atoms with Crippen molar-refractivity contribution < 1.29 is 21.6 Å². The lowest BCUT2D eigenvalue weighted by atomic mass is 10.3. The fraction of sp³-hybridized carbons (Fsp3) is 0.538. The summed E-state index contributed by atoms with van der Waals surface area (Å²) in [7, 11) is -6.03. The first-order chi connectivity index (χ1) is 10.2. The number of hydrogen-bond donors (Lipinski definition) is 2. The molecule has 1 aromatic carbocycles. The Labute approximate surface area is 144 Å². The molecule has 0 amide bonds. The van der Waals surface area contributed by atoms with Crippen molar-refractivity contribution in [3.05, 3.63) is 18.2 Å². The van der Waals surface area contributed by atoms with Crippen molar-refractivity contribution in [2.24, 2.45) is 0 Å². The Kier molecular flexibility index (Phi) is 9.07. The van der Waals surface area contributed by atoms with Crippen molar-refractivity contribution in [3.8, 4) is 5.75 Å². The molecule has 134 valence electrons. The van der Waals surface area contributed by atoms with Gasteiger partial charge in [-0.3, -0.25) is 0 Å². The Morgan fingerprint density at radius 2 is 1.74 bits per heavy atom. The van der Waals surface area contributed by atoms with Crippen LogP contribution in [0.15, 0.2) is 28.0 Å². The van der Waals surface area contributed by atoms with E-state index >= 15 is 0 Å². The molecule has 0 bridgehead atoms. The van der Waals surface area contributed by atoms with Crippen molar-refractivity contribution >= 4 is 32.3 Å². The van der Waals surface area contributed by atoms with Gasteiger partial charge in [0.25, 0.3) is 0 Å². The molecule has 0 aromatic heterocycles. The van der Waals surface area contributed by atoms with E-state index in [1.54, 1.807) is 0 Å². The summed E-state index contributed by atoms with van der Waals surface area (Å²) in [6, 6.07) is 3.76. The van der Waals surface area contributed by atoms with Gasteiger partial charge < -0.3 is 10.1 Å². The topological polar surface area (TPSA) is 102 Å². The normalized spacial score (nSPS) is 11.8. The highest BCUT2D eigenvalue weighted by atomic mass is 35.5. The number of rotatable bonds is 9. The van der Waals surface area contributed by atoms with E-state index in [0.29, 0.717) is 6.54 Å². The average molecular weight is 387 g/mol. The van der Waals surface area contributed by atoms with E-state index in [1.165, 1.54) is 19.2 Å². The van der Waals surface area contributed by atoms with Crippen molar-refractivity contribution in [1.29, 1.82) is 0 Å². The van der Waals surface area contributed by atoms with Gasteiger partial charge in [0.15, 0.2) is 9.84 Å². The van der Waals surface area contributed by atoms with Crippen molar-refractivity contribution in [2.45, 2.75) is 23.1 Å². The Hall–Kier alpha value is -0.870. The second kappa shape index (κ2) is 9.43. The van der Waals surface area contributed by atoms with E-state index in [4.69, 9.17) is 4.74 Å². The van der Waals surface area contributed by atoms with E-state index < -0.39 is 19.9 Å². The highest BCUT2D eigenvalue weighted by Gasteiger charge is 2.21. The lowest BCUT2D eigenvalue weighted by Crippen LogP contribution is -2.32. The summed E-state index contributed by atoms with van der Waals surface area (Å²) in [5, 5.41) is 3.07. The zero-order valence-corrected chi connectivity index (χ0v) is 15.8. The van der Waals surface area contributed by atoms with Crippen molar-refractivity contribution in [3.63, 3.8) is 0 Å². The van der Waals surface area contributed by atoms with E-state index in [2.05, 4.69) is 10.0 Å². The first kappa shape index (κ1) is 22.1. The van der Waals surface area contributed by atoms with Crippen LogP contribution in [-0.2, 0) is 19.9 Å². The van der Waals surface area contributed by atoms with Gasteiger partial charge in [-0.15, -0.1) is 12.4 Å². The molecule has 0 aliphatic rings. The summed E-state index contributed by atoms with van der Waals surface area (Å²) in [6.07, 6.45) is 1.98. The van der Waals surface area contributed by atoms with Crippen LogP contribution in [-0.4, -0.2) is 49.8 Å². The van der Waals surface area contributed by atoms with Crippen molar-refractivity contribution in [2.75, 3.05) is 33.0 Å². The molecule has 0 radical (unpaired) electrons. The molecule has 0 aliphatic heterocycles. The third kappa shape index (κ3) is 6.64. The van der Waals surface area contributed by atoms with Gasteiger partial charge in [-0.2, -0.15) is 0 Å². The van der Waals surface area contributed by atoms with Crippen LogP contribution in [0, 0.1) is 0 Å². The summed E-state index contributed by atoms with van der Waals surface area (Å²) < 4.78 is 55.2. The van der Waals surface area contributed by atoms with Gasteiger partial charge in [0, 0.05) is 19.3 Å². The molecule has 0 heterocycles. The van der Waals surface area contributed by atoms with E-state index in [-0.39, 0.29) is 34.5 Å². The molecular weight excluding hydrogens is 364 g/mol. The molecule has 0 saturated carbocycles. The lowest BCUT2D eigenvalue weighted by Gasteiger charge is -2.12. The Morgan fingerprint density at radius 3 is 2.26 bits per heavy atom. The molecule has 0 atom stereocenters. The molecule has 0 spiro atoms. The molecule has 23 heavy (non-hydrogen) atoms. The van der Waals surface area contributed by atoms with E-state index in [0.717, 1.165) is 25.3 Å². The zero-order chi connectivity index (χ0) is 16.8. The second-order valence-electron chi connectivity index (χ2n) is 4.73. The molecule has 0 saturated heterocycles. The number of sulfone groups is 1. The SMILES string of the molecule is CCCNCCNS(=O)(=O)c1cc(S(C)(=O)=O)ccc1OC.Cl. The standard InChI is InChI=1S/C13H22N2O5S2.ClH/c1-4-7-14-8-9-15-22(18,19)13-10-11(21(3,16)17)5-6-12(13)20-2;/h5-6,10,14-15H,4,7-9H2,1-3H3;1H. The minimum absolute atomic E-state index is 0. The zero-order valence-electron chi connectivity index (χ0n) is 13.3. The number of hydrogen-bond acceptors (Lipinski definition) is 6. The van der Waals surface area contributed by atoms with Crippen LogP contribution in [0.3, 0.4) is 0 Å². The Bertz CT molecular complexity index is 705. The van der Waals surface area contributed by atoms with Gasteiger partial charge in [-0.25, -0.2) is 21.6 Å². The van der Waals surface area contributed by atoms with Gasteiger partial charge in [0.2, 0.25) is 10.0 Å². The number of halogens is 1. The van der Waals surface area contributed by atoms with Crippen LogP contribution in [0.4, 0.5) is 0 Å². The second-order valence-corrected chi connectivity index (χ2v) is 8.48. The predicted molar refractivity (Wildman–Crippen MR) is 91.7 cm³/mol. The van der Waals surface area contributed by atoms with Crippen molar-refractivity contribution in [1.82, 2.24) is 10.0 Å². The van der Waals surface area contributed by atoms with Crippen LogP contribution < -0.4 is 14.8 Å². The number of sulfonamides is 1. The van der Waals surface area contributed by atoms with Gasteiger partial charge in [-0.1, -0.05) is 6.92 Å². The van der Waals surface area contributed by atoms with Gasteiger partial charge in [0.1, 0.15) is 10.6 Å². The number of methoxy groups -OCH3 is 1. The number of ether oxygens (including phenoxy) is 1. The van der Waals surface area contributed by atoms with Crippen LogP contribution >= 0.6 is 12.4 Å². The van der Waals surface area contributed by atoms with Crippen LogP contribution in [0.2, 0.25) is 0 Å². The van der Waals surface area contributed by atoms with E-state index in [1.807, 2.05) is 6.92 Å². The maximum Gasteiger partial charge on any atom is 0.244 e. The molecule has 7 nitrogen and oxygen atoms in total. The van der Waals surface area contributed by atoms with Crippen LogP contribution in [0.25, 0.3) is 0 Å². The first-order valence-corrected chi connectivity index (χ1v) is 10.2.